The Morgan fingerprint density at radius 2 is 1.55 bits per heavy atom. The summed E-state index contributed by atoms with van der Waals surface area (Å²) in [5.74, 6) is 0.807. The van der Waals surface area contributed by atoms with Crippen molar-refractivity contribution in [2.75, 3.05) is 26.6 Å². The van der Waals surface area contributed by atoms with Crippen LogP contribution in [0.4, 0.5) is 5.69 Å². The van der Waals surface area contributed by atoms with Crippen molar-refractivity contribution in [1.29, 1.82) is 0 Å². The van der Waals surface area contributed by atoms with Crippen LogP contribution in [0.15, 0.2) is 36.4 Å². The van der Waals surface area contributed by atoms with Crippen LogP contribution in [0.2, 0.25) is 0 Å². The Labute approximate surface area is 176 Å². The van der Waals surface area contributed by atoms with Gasteiger partial charge in [-0.25, -0.2) is 0 Å². The number of nitrogens with one attached hydrogen (secondary N) is 3. The molecular formula is C21H27N3O4S. The number of ether oxygens (including phenoxy) is 3. The average Bonchev–Trinajstić information content (AvgIpc) is 2.75. The van der Waals surface area contributed by atoms with Gasteiger partial charge in [0.25, 0.3) is 5.91 Å². The topological polar surface area (TPSA) is 80.9 Å². The highest BCUT2D eigenvalue weighted by Crippen LogP contribution is 2.34. The number of rotatable bonds is 8. The van der Waals surface area contributed by atoms with Gasteiger partial charge in [-0.3, -0.25) is 15.6 Å². The van der Waals surface area contributed by atoms with Crippen LogP contribution in [0.5, 0.6) is 17.2 Å². The van der Waals surface area contributed by atoms with Gasteiger partial charge in [-0.05, 0) is 42.8 Å². The monoisotopic (exact) mass is 417 g/mol. The quantitative estimate of drug-likeness (QED) is 0.446. The summed E-state index contributed by atoms with van der Waals surface area (Å²) in [7, 11) is 4.48. The highest BCUT2D eigenvalue weighted by atomic mass is 32.1. The number of amides is 1. The fraction of sp³-hybridized carbons (Fsp3) is 0.333. The second-order valence-electron chi connectivity index (χ2n) is 6.24. The summed E-state index contributed by atoms with van der Waals surface area (Å²) in [6, 6.07) is 11.2. The van der Waals surface area contributed by atoms with Crippen molar-refractivity contribution in [1.82, 2.24) is 10.9 Å². The van der Waals surface area contributed by atoms with Gasteiger partial charge in [0.2, 0.25) is 0 Å². The molecule has 0 aromatic heterocycles. The predicted molar refractivity (Wildman–Crippen MR) is 118 cm³/mol. The lowest BCUT2D eigenvalue weighted by molar-refractivity contribution is 0.0940. The third kappa shape index (κ3) is 6.25. The smallest absolute Gasteiger partial charge is 0.273 e. The molecule has 0 unspecified atom stereocenters. The number of aryl methyl sites for hydroxylation is 1. The highest BCUT2D eigenvalue weighted by Gasteiger charge is 2.17. The number of benzene rings is 2. The minimum Gasteiger partial charge on any atom is -0.496 e. The van der Waals surface area contributed by atoms with Gasteiger partial charge in [0.05, 0.1) is 26.9 Å². The standard InChI is InChI=1S/C21H27N3O4S/c1-5-6-7-14-8-10-15(11-9-14)22-21(29)24-23-20(25)16-12-18(27-3)19(28-4)13-17(16)26-2/h8-13H,5-7H2,1-4H3,(H,23,25)(H2,22,24,29). The van der Waals surface area contributed by atoms with Gasteiger partial charge in [-0.2, -0.15) is 0 Å². The second-order valence-corrected chi connectivity index (χ2v) is 6.65. The van der Waals surface area contributed by atoms with Crippen LogP contribution in [0, 0.1) is 0 Å². The van der Waals surface area contributed by atoms with Crippen molar-refractivity contribution < 1.29 is 19.0 Å². The molecule has 8 heteroatoms. The molecule has 29 heavy (non-hydrogen) atoms. The summed E-state index contributed by atoms with van der Waals surface area (Å²) in [6.45, 7) is 2.17. The van der Waals surface area contributed by atoms with Crippen LogP contribution in [-0.4, -0.2) is 32.3 Å². The molecule has 7 nitrogen and oxygen atoms in total. The number of methoxy groups -OCH3 is 3. The van der Waals surface area contributed by atoms with Gasteiger partial charge in [0, 0.05) is 17.8 Å². The summed E-state index contributed by atoms with van der Waals surface area (Å²) >= 11 is 5.24. The first kappa shape index (κ1) is 22.3. The highest BCUT2D eigenvalue weighted by molar-refractivity contribution is 7.80. The number of anilines is 1. The lowest BCUT2D eigenvalue weighted by atomic mass is 10.1. The summed E-state index contributed by atoms with van der Waals surface area (Å²) in [5.41, 5.74) is 7.64. The molecule has 0 saturated heterocycles. The van der Waals surface area contributed by atoms with Gasteiger partial charge in [-0.15, -0.1) is 0 Å². The molecule has 0 aliphatic carbocycles. The van der Waals surface area contributed by atoms with E-state index in [1.807, 2.05) is 12.1 Å². The summed E-state index contributed by atoms with van der Waals surface area (Å²) in [5, 5.41) is 3.29. The average molecular weight is 418 g/mol. The van der Waals surface area contributed by atoms with Gasteiger partial charge in [0.15, 0.2) is 16.6 Å². The molecule has 0 fully saturated rings. The number of unbranched alkanes of at least 4 members (excludes halogenated alkanes) is 1. The zero-order valence-corrected chi connectivity index (χ0v) is 17.9. The number of hydrazine groups is 1. The molecule has 0 aliphatic rings. The number of carbonyl (C=O) groups is 1. The zero-order valence-electron chi connectivity index (χ0n) is 17.1. The molecule has 2 aromatic carbocycles. The molecule has 0 aliphatic heterocycles. The first-order valence-corrected chi connectivity index (χ1v) is 9.69. The Morgan fingerprint density at radius 3 is 2.14 bits per heavy atom. The molecule has 0 bridgehead atoms. The SMILES string of the molecule is CCCCc1ccc(NC(=S)NNC(=O)c2cc(OC)c(OC)cc2OC)cc1. The Kier molecular flexibility index (Phi) is 8.54. The number of thiocarbonyl (C=S) groups is 1. The van der Waals surface area contributed by atoms with Crippen molar-refractivity contribution in [2.45, 2.75) is 26.2 Å². The molecule has 2 rings (SSSR count). The minimum absolute atomic E-state index is 0.263. The Morgan fingerprint density at radius 1 is 0.931 bits per heavy atom. The minimum atomic E-state index is -0.429. The summed E-state index contributed by atoms with van der Waals surface area (Å²) in [6.07, 6.45) is 3.39. The largest absolute Gasteiger partial charge is 0.496 e. The normalized spacial score (nSPS) is 10.1. The van der Waals surface area contributed by atoms with Crippen LogP contribution >= 0.6 is 12.2 Å². The maximum Gasteiger partial charge on any atom is 0.273 e. The molecule has 0 spiro atoms. The van der Waals surface area contributed by atoms with Crippen molar-refractivity contribution in [3.05, 3.63) is 47.5 Å². The van der Waals surface area contributed by atoms with Crippen molar-refractivity contribution in [3.63, 3.8) is 0 Å². The lowest BCUT2D eigenvalue weighted by Gasteiger charge is -2.15. The van der Waals surface area contributed by atoms with E-state index in [1.54, 1.807) is 12.1 Å². The molecule has 0 saturated carbocycles. The number of carbonyl (C=O) groups excluding carboxylic acids is 1. The first-order chi connectivity index (χ1) is 14.0. The third-order valence-electron chi connectivity index (χ3n) is 4.27. The van der Waals surface area contributed by atoms with Crippen LogP contribution in [0.1, 0.15) is 35.7 Å². The third-order valence-corrected chi connectivity index (χ3v) is 4.47. The maximum absolute atomic E-state index is 12.6. The molecule has 0 radical (unpaired) electrons. The second kappa shape index (κ2) is 11.1. The molecule has 3 N–H and O–H groups in total. The molecule has 1 amide bonds. The predicted octanol–water partition coefficient (Wildman–Crippen LogP) is 3.69. The Bertz CT molecular complexity index is 841. The summed E-state index contributed by atoms with van der Waals surface area (Å²) < 4.78 is 15.7. The lowest BCUT2D eigenvalue weighted by Crippen LogP contribution is -2.43. The maximum atomic E-state index is 12.6. The van der Waals surface area contributed by atoms with Crippen LogP contribution in [-0.2, 0) is 6.42 Å². The van der Waals surface area contributed by atoms with E-state index in [-0.39, 0.29) is 10.7 Å². The molecule has 2 aromatic rings. The van der Waals surface area contributed by atoms with E-state index in [4.69, 9.17) is 26.4 Å². The van der Waals surface area contributed by atoms with Gasteiger partial charge < -0.3 is 19.5 Å². The van der Waals surface area contributed by atoms with Crippen molar-refractivity contribution in [3.8, 4) is 17.2 Å². The zero-order chi connectivity index (χ0) is 21.2. The van der Waals surface area contributed by atoms with Gasteiger partial charge >= 0.3 is 0 Å². The Balaban J connectivity index is 1.97. The van der Waals surface area contributed by atoms with Gasteiger partial charge in [0.1, 0.15) is 5.75 Å². The van der Waals surface area contributed by atoms with E-state index in [1.165, 1.54) is 39.7 Å². The van der Waals surface area contributed by atoms with E-state index in [9.17, 15) is 4.79 Å². The number of hydrogen-bond acceptors (Lipinski definition) is 5. The van der Waals surface area contributed by atoms with E-state index in [0.717, 1.165) is 12.1 Å². The molecule has 0 heterocycles. The first-order valence-electron chi connectivity index (χ1n) is 9.28. The molecular weight excluding hydrogens is 390 g/mol. The van der Waals surface area contributed by atoms with Crippen LogP contribution in [0.25, 0.3) is 0 Å². The summed E-state index contributed by atoms with van der Waals surface area (Å²) in [4.78, 5) is 12.6. The van der Waals surface area contributed by atoms with Crippen molar-refractivity contribution >= 4 is 28.9 Å². The van der Waals surface area contributed by atoms with E-state index in [2.05, 4.69) is 35.2 Å². The van der Waals surface area contributed by atoms with Crippen LogP contribution in [0.3, 0.4) is 0 Å². The van der Waals surface area contributed by atoms with E-state index >= 15 is 0 Å². The van der Waals surface area contributed by atoms with E-state index < -0.39 is 5.91 Å². The molecule has 156 valence electrons. The molecule has 0 atom stereocenters. The van der Waals surface area contributed by atoms with Gasteiger partial charge in [-0.1, -0.05) is 25.5 Å². The van der Waals surface area contributed by atoms with Crippen LogP contribution < -0.4 is 30.4 Å². The van der Waals surface area contributed by atoms with Crippen molar-refractivity contribution in [2.24, 2.45) is 0 Å². The fourth-order valence-corrected chi connectivity index (χ4v) is 2.85. The van der Waals surface area contributed by atoms with E-state index in [0.29, 0.717) is 17.2 Å². The fourth-order valence-electron chi connectivity index (χ4n) is 2.69. The Hall–Kier alpha value is -3.00. The number of hydrogen-bond donors (Lipinski definition) is 3.